The van der Waals surface area contributed by atoms with Gasteiger partial charge in [0.15, 0.2) is 0 Å². The summed E-state index contributed by atoms with van der Waals surface area (Å²) in [5, 5.41) is 14.8. The number of aryl methyl sites for hydroxylation is 2. The number of nitrogen functional groups attached to an aromatic ring is 1. The van der Waals surface area contributed by atoms with E-state index in [2.05, 4.69) is 9.82 Å². The Morgan fingerprint density at radius 1 is 1.43 bits per heavy atom. The molecule has 0 aliphatic heterocycles. The lowest BCUT2D eigenvalue weighted by Crippen LogP contribution is -2.13. The first-order valence-electron chi connectivity index (χ1n) is 5.77. The third-order valence-electron chi connectivity index (χ3n) is 2.77. The van der Waals surface area contributed by atoms with Crippen LogP contribution in [-0.4, -0.2) is 23.1 Å². The van der Waals surface area contributed by atoms with Crippen molar-refractivity contribution in [3.8, 4) is 0 Å². The minimum absolute atomic E-state index is 0.100. The van der Waals surface area contributed by atoms with Crippen molar-refractivity contribution >= 4 is 27.1 Å². The van der Waals surface area contributed by atoms with Gasteiger partial charge in [0.1, 0.15) is 5.69 Å². The molecule has 0 atom stereocenters. The third kappa shape index (κ3) is 2.94. The summed E-state index contributed by atoms with van der Waals surface area (Å²) < 4.78 is 28.3. The first kappa shape index (κ1) is 14.8. The van der Waals surface area contributed by atoms with Gasteiger partial charge in [-0.2, -0.15) is 5.10 Å². The molecule has 2 rings (SSSR count). The molecule has 0 bridgehead atoms. The molecular weight excluding hydrogens is 298 g/mol. The largest absolute Gasteiger partial charge is 0.393 e. The molecule has 0 amide bonds. The average molecular weight is 311 g/mol. The molecule has 10 heteroatoms. The van der Waals surface area contributed by atoms with E-state index in [9.17, 15) is 18.5 Å². The van der Waals surface area contributed by atoms with Gasteiger partial charge < -0.3 is 5.73 Å². The van der Waals surface area contributed by atoms with E-state index in [0.29, 0.717) is 11.4 Å². The van der Waals surface area contributed by atoms with E-state index in [4.69, 9.17) is 5.73 Å². The van der Waals surface area contributed by atoms with Gasteiger partial charge in [0.25, 0.3) is 15.7 Å². The fourth-order valence-corrected chi connectivity index (χ4v) is 2.87. The minimum atomic E-state index is -3.96. The van der Waals surface area contributed by atoms with Crippen molar-refractivity contribution in [1.29, 1.82) is 0 Å². The number of nitrogens with zero attached hydrogens (tertiary/aromatic N) is 3. The maximum Gasteiger partial charge on any atom is 0.293 e. The highest BCUT2D eigenvalue weighted by atomic mass is 32.2. The number of aromatic nitrogens is 2. The Hall–Kier alpha value is -2.62. The van der Waals surface area contributed by atoms with Crippen molar-refractivity contribution in [2.75, 3.05) is 10.5 Å². The number of nitrogens with one attached hydrogen (secondary N) is 1. The highest BCUT2D eigenvalue weighted by molar-refractivity contribution is 7.92. The Balaban J connectivity index is 2.42. The molecule has 0 spiro atoms. The topological polar surface area (TPSA) is 133 Å². The average Bonchev–Trinajstić information content (AvgIpc) is 2.66. The summed E-state index contributed by atoms with van der Waals surface area (Å²) >= 11 is 0. The fourth-order valence-electron chi connectivity index (χ4n) is 1.75. The Bertz CT molecular complexity index is 812. The van der Waals surface area contributed by atoms with E-state index in [1.165, 1.54) is 23.0 Å². The molecule has 0 saturated heterocycles. The molecular formula is C11H13N5O4S. The molecule has 21 heavy (non-hydrogen) atoms. The summed E-state index contributed by atoms with van der Waals surface area (Å²) in [6.07, 6.45) is 1.50. The summed E-state index contributed by atoms with van der Waals surface area (Å²) in [7, 11) is -2.31. The van der Waals surface area contributed by atoms with Crippen molar-refractivity contribution in [3.63, 3.8) is 0 Å². The zero-order chi connectivity index (χ0) is 15.8. The van der Waals surface area contributed by atoms with Gasteiger partial charge in [-0.3, -0.25) is 19.5 Å². The van der Waals surface area contributed by atoms with Crippen LogP contribution in [0.4, 0.5) is 17.1 Å². The number of rotatable bonds is 4. The van der Waals surface area contributed by atoms with E-state index in [-0.39, 0.29) is 10.6 Å². The molecule has 3 N–H and O–H groups in total. The van der Waals surface area contributed by atoms with Crippen LogP contribution < -0.4 is 10.5 Å². The molecule has 0 fully saturated rings. The van der Waals surface area contributed by atoms with Crippen molar-refractivity contribution in [2.24, 2.45) is 7.05 Å². The molecule has 112 valence electrons. The maximum absolute atomic E-state index is 12.2. The number of anilines is 2. The van der Waals surface area contributed by atoms with E-state index in [0.717, 1.165) is 6.07 Å². The predicted molar refractivity (Wildman–Crippen MR) is 76.3 cm³/mol. The smallest absolute Gasteiger partial charge is 0.293 e. The number of nitrogens with two attached hydrogens (primary N) is 1. The second-order valence-electron chi connectivity index (χ2n) is 4.39. The zero-order valence-electron chi connectivity index (χ0n) is 11.3. The van der Waals surface area contributed by atoms with Crippen LogP contribution in [0, 0.1) is 17.0 Å². The predicted octanol–water partition coefficient (Wildman–Crippen LogP) is 1.02. The Morgan fingerprint density at radius 2 is 2.10 bits per heavy atom. The van der Waals surface area contributed by atoms with Crippen molar-refractivity contribution in [1.82, 2.24) is 9.78 Å². The number of benzene rings is 1. The van der Waals surface area contributed by atoms with Crippen LogP contribution in [0.5, 0.6) is 0 Å². The van der Waals surface area contributed by atoms with E-state index >= 15 is 0 Å². The van der Waals surface area contributed by atoms with E-state index in [1.54, 1.807) is 14.0 Å². The lowest BCUT2D eigenvalue weighted by Gasteiger charge is -2.07. The number of sulfonamides is 1. The third-order valence-corrected chi connectivity index (χ3v) is 4.13. The summed E-state index contributed by atoms with van der Waals surface area (Å²) in [5.41, 5.74) is 5.68. The molecule has 1 heterocycles. The standard InChI is InChI=1S/C11H13N5O4S/c1-7-10(6-15(2)13-7)14-21(19,20)8-3-4-9(12)11(5-8)16(17)18/h3-6,14H,12H2,1-2H3. The first-order valence-corrected chi connectivity index (χ1v) is 7.26. The SMILES string of the molecule is Cc1nn(C)cc1NS(=O)(=O)c1ccc(N)c([N+](=O)[O-])c1. The molecule has 0 aliphatic rings. The Morgan fingerprint density at radius 3 is 2.62 bits per heavy atom. The first-order chi connectivity index (χ1) is 9.70. The highest BCUT2D eigenvalue weighted by Gasteiger charge is 2.21. The second-order valence-corrected chi connectivity index (χ2v) is 6.07. The van der Waals surface area contributed by atoms with Gasteiger partial charge in [0.2, 0.25) is 0 Å². The van der Waals surface area contributed by atoms with Gasteiger partial charge in [-0.25, -0.2) is 8.42 Å². The molecule has 0 radical (unpaired) electrons. The Labute approximate surface area is 120 Å². The Kier molecular flexibility index (Phi) is 3.56. The fraction of sp³-hybridized carbons (Fsp3) is 0.182. The molecule has 1 aromatic carbocycles. The van der Waals surface area contributed by atoms with E-state index < -0.39 is 20.6 Å². The van der Waals surface area contributed by atoms with Crippen molar-refractivity contribution in [3.05, 3.63) is 40.2 Å². The van der Waals surface area contributed by atoms with Gasteiger partial charge in [-0.15, -0.1) is 0 Å². The van der Waals surface area contributed by atoms with Crippen molar-refractivity contribution in [2.45, 2.75) is 11.8 Å². The van der Waals surface area contributed by atoms with Crippen LogP contribution in [0.15, 0.2) is 29.3 Å². The van der Waals surface area contributed by atoms with Crippen LogP contribution >= 0.6 is 0 Å². The number of hydrogen-bond acceptors (Lipinski definition) is 6. The number of nitro groups is 1. The molecule has 0 saturated carbocycles. The summed E-state index contributed by atoms with van der Waals surface area (Å²) in [4.78, 5) is 9.84. The quantitative estimate of drug-likeness (QED) is 0.492. The van der Waals surface area contributed by atoms with Gasteiger partial charge in [0.05, 0.1) is 21.2 Å². The molecule has 1 aromatic heterocycles. The lowest BCUT2D eigenvalue weighted by atomic mass is 10.3. The van der Waals surface area contributed by atoms with Crippen LogP contribution in [0.3, 0.4) is 0 Å². The van der Waals surface area contributed by atoms with Crippen LogP contribution in [0.1, 0.15) is 5.69 Å². The molecule has 0 aliphatic carbocycles. The maximum atomic E-state index is 12.2. The zero-order valence-corrected chi connectivity index (χ0v) is 12.1. The van der Waals surface area contributed by atoms with E-state index in [1.807, 2.05) is 0 Å². The monoisotopic (exact) mass is 311 g/mol. The second kappa shape index (κ2) is 5.05. The minimum Gasteiger partial charge on any atom is -0.393 e. The molecule has 0 unspecified atom stereocenters. The summed E-state index contributed by atoms with van der Waals surface area (Å²) in [6.45, 7) is 1.64. The van der Waals surface area contributed by atoms with Gasteiger partial charge in [-0.1, -0.05) is 0 Å². The molecule has 2 aromatic rings. The number of hydrogen-bond donors (Lipinski definition) is 2. The molecule has 9 nitrogen and oxygen atoms in total. The van der Waals surface area contributed by atoms with Crippen LogP contribution in [0.25, 0.3) is 0 Å². The van der Waals surface area contributed by atoms with Gasteiger partial charge in [0, 0.05) is 19.3 Å². The summed E-state index contributed by atoms with van der Waals surface area (Å²) in [6, 6.07) is 3.31. The normalized spacial score (nSPS) is 11.3. The van der Waals surface area contributed by atoms with Gasteiger partial charge in [-0.05, 0) is 19.1 Å². The highest BCUT2D eigenvalue weighted by Crippen LogP contribution is 2.26. The lowest BCUT2D eigenvalue weighted by molar-refractivity contribution is -0.384. The number of nitro benzene ring substituents is 1. The van der Waals surface area contributed by atoms with Crippen LogP contribution in [-0.2, 0) is 17.1 Å². The van der Waals surface area contributed by atoms with Crippen molar-refractivity contribution < 1.29 is 13.3 Å². The van der Waals surface area contributed by atoms with Gasteiger partial charge >= 0.3 is 0 Å². The van der Waals surface area contributed by atoms with Crippen LogP contribution in [0.2, 0.25) is 0 Å². The summed E-state index contributed by atoms with van der Waals surface area (Å²) in [5.74, 6) is 0.